The van der Waals surface area contributed by atoms with Crippen molar-refractivity contribution in [2.24, 2.45) is 0 Å². The van der Waals surface area contributed by atoms with Crippen molar-refractivity contribution in [3.05, 3.63) is 0 Å². The number of nitrogens with zero attached hydrogens (tertiary/aromatic N) is 1. The first-order chi connectivity index (χ1) is 9.10. The predicted molar refractivity (Wildman–Crippen MR) is 74.8 cm³/mol. The normalized spacial score (nSPS) is 35.5. The maximum Gasteiger partial charge on any atom is 0.243 e. The first-order valence-electron chi connectivity index (χ1n) is 7.07. The van der Waals surface area contributed by atoms with Gasteiger partial charge in [-0.1, -0.05) is 0 Å². The molecule has 3 rings (SSSR count). The molecule has 2 unspecified atom stereocenters. The van der Waals surface area contributed by atoms with E-state index in [4.69, 9.17) is 0 Å². The van der Waals surface area contributed by atoms with E-state index in [1.165, 1.54) is 0 Å². The third-order valence-corrected chi connectivity index (χ3v) is 5.94. The minimum atomic E-state index is -0.264. The molecule has 2 N–H and O–H groups in total. The fraction of sp³-hybridized carbons (Fsp3) is 0.846. The zero-order valence-corrected chi connectivity index (χ0v) is 12.1. The van der Waals surface area contributed by atoms with Gasteiger partial charge in [-0.15, -0.1) is 11.8 Å². The van der Waals surface area contributed by atoms with Crippen LogP contribution in [-0.4, -0.2) is 52.5 Å². The lowest BCUT2D eigenvalue weighted by atomic mass is 10.1. The number of hydrogen-bond acceptors (Lipinski definition) is 4. The molecule has 2 amide bonds. The van der Waals surface area contributed by atoms with Crippen molar-refractivity contribution in [2.75, 3.05) is 18.8 Å². The van der Waals surface area contributed by atoms with Crippen molar-refractivity contribution < 1.29 is 9.59 Å². The molecule has 3 aliphatic heterocycles. The summed E-state index contributed by atoms with van der Waals surface area (Å²) in [5, 5.41) is 6.41. The molecule has 0 saturated carbocycles. The minimum Gasteiger partial charge on any atom is -0.351 e. The highest BCUT2D eigenvalue weighted by molar-refractivity contribution is 8.01. The third kappa shape index (κ3) is 2.36. The van der Waals surface area contributed by atoms with Gasteiger partial charge in [0, 0.05) is 18.2 Å². The van der Waals surface area contributed by atoms with E-state index in [-0.39, 0.29) is 28.8 Å². The molecule has 3 saturated heterocycles. The number of piperidine rings is 1. The van der Waals surface area contributed by atoms with Gasteiger partial charge in [0.1, 0.15) is 6.04 Å². The van der Waals surface area contributed by atoms with Gasteiger partial charge in [-0.25, -0.2) is 0 Å². The molecule has 19 heavy (non-hydrogen) atoms. The van der Waals surface area contributed by atoms with Crippen molar-refractivity contribution >= 4 is 23.6 Å². The van der Waals surface area contributed by atoms with Gasteiger partial charge in [0.15, 0.2) is 0 Å². The number of carbonyl (C=O) groups excluding carboxylic acids is 2. The Morgan fingerprint density at radius 2 is 2.21 bits per heavy atom. The monoisotopic (exact) mass is 283 g/mol. The van der Waals surface area contributed by atoms with Gasteiger partial charge in [0.2, 0.25) is 11.8 Å². The van der Waals surface area contributed by atoms with Crippen molar-refractivity contribution in [2.45, 2.75) is 49.6 Å². The van der Waals surface area contributed by atoms with E-state index in [0.29, 0.717) is 6.42 Å². The number of hydrogen-bond donors (Lipinski definition) is 2. The van der Waals surface area contributed by atoms with Crippen LogP contribution >= 0.6 is 11.8 Å². The summed E-state index contributed by atoms with van der Waals surface area (Å²) in [5.41, 5.74) is 0. The summed E-state index contributed by atoms with van der Waals surface area (Å²) in [7, 11) is 0. The molecule has 0 aromatic rings. The molecule has 3 fully saturated rings. The summed E-state index contributed by atoms with van der Waals surface area (Å²) >= 11 is 1.75. The molecule has 0 spiro atoms. The van der Waals surface area contributed by atoms with E-state index < -0.39 is 0 Å². The second kappa shape index (κ2) is 4.98. The Balaban J connectivity index is 1.65. The first kappa shape index (κ1) is 13.2. The maximum absolute atomic E-state index is 12.4. The van der Waals surface area contributed by atoms with Gasteiger partial charge in [-0.2, -0.15) is 0 Å². The van der Waals surface area contributed by atoms with Gasteiger partial charge in [-0.3, -0.25) is 9.59 Å². The fourth-order valence-electron chi connectivity index (χ4n) is 3.28. The van der Waals surface area contributed by atoms with Crippen molar-refractivity contribution in [1.29, 1.82) is 0 Å². The quantitative estimate of drug-likeness (QED) is 0.766. The average molecular weight is 283 g/mol. The topological polar surface area (TPSA) is 61.4 Å². The third-order valence-electron chi connectivity index (χ3n) is 4.43. The molecule has 0 aliphatic carbocycles. The Kier molecular flexibility index (Phi) is 3.47. The highest BCUT2D eigenvalue weighted by Gasteiger charge is 2.52. The summed E-state index contributed by atoms with van der Waals surface area (Å²) in [6.45, 7) is 4.01. The standard InChI is InChI=1S/C13H21N3O2S/c1-13-5-2-11(17)16(13)10(8-19-13)12(18)15-9-3-6-14-7-4-9/h9-10,14H,2-8H2,1H3,(H,15,18). The molecular formula is C13H21N3O2S. The van der Waals surface area contributed by atoms with Crippen LogP contribution in [0.15, 0.2) is 0 Å². The van der Waals surface area contributed by atoms with Gasteiger partial charge in [0.25, 0.3) is 0 Å². The second-order valence-corrected chi connectivity index (χ2v) is 7.30. The van der Waals surface area contributed by atoms with Crippen molar-refractivity contribution in [1.82, 2.24) is 15.5 Å². The lowest BCUT2D eigenvalue weighted by Crippen LogP contribution is -2.53. The van der Waals surface area contributed by atoms with Gasteiger partial charge < -0.3 is 15.5 Å². The summed E-state index contributed by atoms with van der Waals surface area (Å²) in [6.07, 6.45) is 3.42. The SMILES string of the molecule is CC12CCC(=O)N1C(C(=O)NC1CCNCC1)CS2. The van der Waals surface area contributed by atoms with Crippen LogP contribution in [0.3, 0.4) is 0 Å². The Labute approximate surface area is 117 Å². The lowest BCUT2D eigenvalue weighted by molar-refractivity contribution is -0.138. The lowest BCUT2D eigenvalue weighted by Gasteiger charge is -2.31. The number of carbonyl (C=O) groups is 2. The highest BCUT2D eigenvalue weighted by Crippen LogP contribution is 2.47. The molecular weight excluding hydrogens is 262 g/mol. The molecule has 3 heterocycles. The second-order valence-electron chi connectivity index (χ2n) is 5.80. The van der Waals surface area contributed by atoms with Crippen LogP contribution in [-0.2, 0) is 9.59 Å². The Hall–Kier alpha value is -0.750. The van der Waals surface area contributed by atoms with Gasteiger partial charge in [-0.05, 0) is 39.3 Å². The fourth-order valence-corrected chi connectivity index (χ4v) is 4.71. The summed E-state index contributed by atoms with van der Waals surface area (Å²) in [4.78, 5) is 26.1. The molecule has 0 aromatic carbocycles. The molecule has 6 heteroatoms. The molecule has 0 aromatic heterocycles. The van der Waals surface area contributed by atoms with Crippen LogP contribution in [0.2, 0.25) is 0 Å². The van der Waals surface area contributed by atoms with Crippen LogP contribution in [0.1, 0.15) is 32.6 Å². The Morgan fingerprint density at radius 3 is 2.95 bits per heavy atom. The largest absolute Gasteiger partial charge is 0.351 e. The van der Waals surface area contributed by atoms with E-state index in [0.717, 1.165) is 38.1 Å². The predicted octanol–water partition coefficient (Wildman–Crippen LogP) is 0.309. The number of fused-ring (bicyclic) bond motifs is 1. The van der Waals surface area contributed by atoms with E-state index in [1.807, 2.05) is 4.90 Å². The highest BCUT2D eigenvalue weighted by atomic mass is 32.2. The maximum atomic E-state index is 12.4. The van der Waals surface area contributed by atoms with Crippen LogP contribution in [0.4, 0.5) is 0 Å². The smallest absolute Gasteiger partial charge is 0.243 e. The van der Waals surface area contributed by atoms with Crippen molar-refractivity contribution in [3.8, 4) is 0 Å². The zero-order valence-electron chi connectivity index (χ0n) is 11.3. The first-order valence-corrected chi connectivity index (χ1v) is 8.06. The van der Waals surface area contributed by atoms with E-state index in [2.05, 4.69) is 17.6 Å². The summed E-state index contributed by atoms with van der Waals surface area (Å²) in [6, 6.07) is 0.00296. The number of thioether (sulfide) groups is 1. The van der Waals surface area contributed by atoms with Crippen LogP contribution in [0.5, 0.6) is 0 Å². The summed E-state index contributed by atoms with van der Waals surface area (Å²) < 4.78 is 0. The van der Waals surface area contributed by atoms with Gasteiger partial charge in [0.05, 0.1) is 4.87 Å². The molecule has 5 nitrogen and oxygen atoms in total. The van der Waals surface area contributed by atoms with E-state index in [9.17, 15) is 9.59 Å². The van der Waals surface area contributed by atoms with Gasteiger partial charge >= 0.3 is 0 Å². The molecule has 0 bridgehead atoms. The molecule has 3 aliphatic rings. The van der Waals surface area contributed by atoms with E-state index >= 15 is 0 Å². The number of nitrogens with one attached hydrogen (secondary N) is 2. The van der Waals surface area contributed by atoms with Crippen LogP contribution in [0.25, 0.3) is 0 Å². The Morgan fingerprint density at radius 1 is 1.47 bits per heavy atom. The number of rotatable bonds is 2. The number of amides is 2. The zero-order chi connectivity index (χ0) is 13.5. The Bertz CT molecular complexity index is 397. The average Bonchev–Trinajstić information content (AvgIpc) is 2.88. The van der Waals surface area contributed by atoms with Crippen LogP contribution < -0.4 is 10.6 Å². The molecule has 2 atom stereocenters. The molecule has 106 valence electrons. The van der Waals surface area contributed by atoms with Crippen molar-refractivity contribution in [3.63, 3.8) is 0 Å². The summed E-state index contributed by atoms with van der Waals surface area (Å²) in [5.74, 6) is 0.912. The minimum absolute atomic E-state index is 0.0402. The molecule has 0 radical (unpaired) electrons. The van der Waals surface area contributed by atoms with E-state index in [1.54, 1.807) is 11.8 Å². The van der Waals surface area contributed by atoms with Crippen LogP contribution in [0, 0.1) is 0 Å².